The second-order valence-electron chi connectivity index (χ2n) is 5.52. The number of nitrogens with one attached hydrogen (secondary N) is 2. The van der Waals surface area contributed by atoms with Crippen LogP contribution in [0.25, 0.3) is 0 Å². The molecule has 2 N–H and O–H groups in total. The molecule has 1 fully saturated rings. The van der Waals surface area contributed by atoms with E-state index in [-0.39, 0.29) is 5.75 Å². The molecule has 0 unspecified atom stereocenters. The summed E-state index contributed by atoms with van der Waals surface area (Å²) in [5.74, 6) is 0.712. The molecule has 0 atom stereocenters. The first-order chi connectivity index (χ1) is 10.1. The molecular formula is C15H24N2O3S. The summed E-state index contributed by atoms with van der Waals surface area (Å²) >= 11 is 0. The summed E-state index contributed by atoms with van der Waals surface area (Å²) < 4.78 is 32.0. The third-order valence-electron chi connectivity index (χ3n) is 3.35. The first-order valence-corrected chi connectivity index (χ1v) is 9.02. The van der Waals surface area contributed by atoms with Gasteiger partial charge in [0.25, 0.3) is 0 Å². The molecule has 1 aromatic carbocycles. The van der Waals surface area contributed by atoms with Crippen molar-refractivity contribution in [2.45, 2.75) is 25.1 Å². The van der Waals surface area contributed by atoms with Gasteiger partial charge in [0.15, 0.2) is 0 Å². The molecule has 0 amide bonds. The van der Waals surface area contributed by atoms with Crippen molar-refractivity contribution in [3.05, 3.63) is 35.4 Å². The molecule has 1 aromatic rings. The van der Waals surface area contributed by atoms with Crippen LogP contribution in [0.5, 0.6) is 0 Å². The Bertz CT molecular complexity index is 542. The molecule has 6 heteroatoms. The van der Waals surface area contributed by atoms with E-state index >= 15 is 0 Å². The van der Waals surface area contributed by atoms with Gasteiger partial charge < -0.3 is 10.1 Å². The standard InChI is InChI=1S/C15H24N2O3S/c1-16-10-14-3-2-4-15(9-14)12-21(18,19)17-7-8-20-11-13-5-6-13/h2-4,9,13,16-17H,5-8,10-12H2,1H3. The Labute approximate surface area is 127 Å². The van der Waals surface area contributed by atoms with E-state index < -0.39 is 10.0 Å². The van der Waals surface area contributed by atoms with Gasteiger partial charge in [0.1, 0.15) is 0 Å². The van der Waals surface area contributed by atoms with Crippen LogP contribution in [0.15, 0.2) is 24.3 Å². The summed E-state index contributed by atoms with van der Waals surface area (Å²) in [5.41, 5.74) is 1.88. The van der Waals surface area contributed by atoms with Gasteiger partial charge in [-0.3, -0.25) is 0 Å². The largest absolute Gasteiger partial charge is 0.380 e. The summed E-state index contributed by atoms with van der Waals surface area (Å²) in [6.45, 7) is 2.27. The van der Waals surface area contributed by atoms with Gasteiger partial charge >= 0.3 is 0 Å². The zero-order valence-corrected chi connectivity index (χ0v) is 13.3. The van der Waals surface area contributed by atoms with Crippen molar-refractivity contribution in [2.75, 3.05) is 26.8 Å². The highest BCUT2D eigenvalue weighted by atomic mass is 32.2. The Morgan fingerprint density at radius 1 is 1.29 bits per heavy atom. The average Bonchev–Trinajstić information content (AvgIpc) is 3.22. The maximum absolute atomic E-state index is 12.0. The van der Waals surface area contributed by atoms with Crippen LogP contribution in [-0.2, 0) is 27.1 Å². The highest BCUT2D eigenvalue weighted by Crippen LogP contribution is 2.28. The van der Waals surface area contributed by atoms with E-state index in [0.29, 0.717) is 19.1 Å². The minimum absolute atomic E-state index is 0.00712. The van der Waals surface area contributed by atoms with Crippen molar-refractivity contribution in [3.8, 4) is 0 Å². The van der Waals surface area contributed by atoms with Gasteiger partial charge in [0.2, 0.25) is 10.0 Å². The predicted molar refractivity (Wildman–Crippen MR) is 83.4 cm³/mol. The number of hydrogen-bond acceptors (Lipinski definition) is 4. The minimum Gasteiger partial charge on any atom is -0.380 e. The van der Waals surface area contributed by atoms with Gasteiger partial charge in [-0.1, -0.05) is 24.3 Å². The number of ether oxygens (including phenoxy) is 1. The lowest BCUT2D eigenvalue weighted by Gasteiger charge is -2.08. The quantitative estimate of drug-likeness (QED) is 0.638. The van der Waals surface area contributed by atoms with Gasteiger partial charge in [-0.15, -0.1) is 0 Å². The molecule has 0 aromatic heterocycles. The fourth-order valence-corrected chi connectivity index (χ4v) is 3.22. The van der Waals surface area contributed by atoms with Gasteiger partial charge in [-0.25, -0.2) is 13.1 Å². The molecular weight excluding hydrogens is 288 g/mol. The molecule has 0 radical (unpaired) electrons. The van der Waals surface area contributed by atoms with Crippen LogP contribution in [0.2, 0.25) is 0 Å². The number of hydrogen-bond donors (Lipinski definition) is 2. The van der Waals surface area contributed by atoms with Crippen molar-refractivity contribution >= 4 is 10.0 Å². The maximum Gasteiger partial charge on any atom is 0.215 e. The lowest BCUT2D eigenvalue weighted by atomic mass is 10.1. The summed E-state index contributed by atoms with van der Waals surface area (Å²) in [6.07, 6.45) is 2.49. The third kappa shape index (κ3) is 6.56. The van der Waals surface area contributed by atoms with Crippen molar-refractivity contribution < 1.29 is 13.2 Å². The maximum atomic E-state index is 12.0. The van der Waals surface area contributed by atoms with Gasteiger partial charge in [-0.2, -0.15) is 0 Å². The van der Waals surface area contributed by atoms with Crippen molar-refractivity contribution in [1.82, 2.24) is 10.0 Å². The third-order valence-corrected chi connectivity index (χ3v) is 4.71. The van der Waals surface area contributed by atoms with Gasteiger partial charge in [0, 0.05) is 19.7 Å². The Hall–Kier alpha value is -0.950. The molecule has 0 saturated heterocycles. The second-order valence-corrected chi connectivity index (χ2v) is 7.33. The van der Waals surface area contributed by atoms with Crippen molar-refractivity contribution in [3.63, 3.8) is 0 Å². The van der Waals surface area contributed by atoms with Gasteiger partial charge in [-0.05, 0) is 36.9 Å². The van der Waals surface area contributed by atoms with Crippen LogP contribution in [0.4, 0.5) is 0 Å². The van der Waals surface area contributed by atoms with E-state index in [9.17, 15) is 8.42 Å². The lowest BCUT2D eigenvalue weighted by molar-refractivity contribution is 0.129. The highest BCUT2D eigenvalue weighted by molar-refractivity contribution is 7.88. The fourth-order valence-electron chi connectivity index (χ4n) is 2.11. The molecule has 118 valence electrons. The van der Waals surface area contributed by atoms with Crippen LogP contribution >= 0.6 is 0 Å². The molecule has 0 bridgehead atoms. The zero-order chi connectivity index (χ0) is 15.1. The molecule has 0 heterocycles. The number of rotatable bonds is 10. The highest BCUT2D eigenvalue weighted by Gasteiger charge is 2.21. The van der Waals surface area contributed by atoms with Crippen LogP contribution in [-0.4, -0.2) is 35.2 Å². The molecule has 1 aliphatic rings. The van der Waals surface area contributed by atoms with Crippen LogP contribution in [0.1, 0.15) is 24.0 Å². The number of sulfonamides is 1. The SMILES string of the molecule is CNCc1cccc(CS(=O)(=O)NCCOCC2CC2)c1. The van der Waals surface area contributed by atoms with E-state index in [4.69, 9.17) is 4.74 Å². The smallest absolute Gasteiger partial charge is 0.215 e. The summed E-state index contributed by atoms with van der Waals surface area (Å²) in [5, 5.41) is 3.05. The van der Waals surface area contributed by atoms with E-state index in [1.54, 1.807) is 0 Å². The van der Waals surface area contributed by atoms with E-state index in [2.05, 4.69) is 10.0 Å². The Morgan fingerprint density at radius 2 is 2.05 bits per heavy atom. The molecule has 0 aliphatic heterocycles. The first-order valence-electron chi connectivity index (χ1n) is 7.36. The van der Waals surface area contributed by atoms with Crippen LogP contribution in [0.3, 0.4) is 0 Å². The lowest BCUT2D eigenvalue weighted by Crippen LogP contribution is -2.28. The summed E-state index contributed by atoms with van der Waals surface area (Å²) in [4.78, 5) is 0. The molecule has 1 aliphatic carbocycles. The predicted octanol–water partition coefficient (Wildman–Crippen LogP) is 1.25. The molecule has 21 heavy (non-hydrogen) atoms. The van der Waals surface area contributed by atoms with Crippen LogP contribution in [0, 0.1) is 5.92 Å². The molecule has 2 rings (SSSR count). The van der Waals surface area contributed by atoms with Gasteiger partial charge in [0.05, 0.1) is 12.4 Å². The monoisotopic (exact) mass is 312 g/mol. The number of benzene rings is 1. The average molecular weight is 312 g/mol. The summed E-state index contributed by atoms with van der Waals surface area (Å²) in [6, 6.07) is 7.61. The molecule has 1 saturated carbocycles. The normalized spacial score (nSPS) is 15.3. The Morgan fingerprint density at radius 3 is 2.76 bits per heavy atom. The van der Waals surface area contributed by atoms with E-state index in [0.717, 1.165) is 24.3 Å². The molecule has 0 spiro atoms. The Kier molecular flexibility index (Phi) is 6.17. The minimum atomic E-state index is -3.30. The topological polar surface area (TPSA) is 67.4 Å². The van der Waals surface area contributed by atoms with E-state index in [1.807, 2.05) is 31.3 Å². The van der Waals surface area contributed by atoms with Crippen molar-refractivity contribution in [2.24, 2.45) is 5.92 Å². The Balaban J connectivity index is 1.74. The van der Waals surface area contributed by atoms with Crippen molar-refractivity contribution in [1.29, 1.82) is 0 Å². The summed E-state index contributed by atoms with van der Waals surface area (Å²) in [7, 11) is -1.43. The zero-order valence-electron chi connectivity index (χ0n) is 12.5. The second kappa shape index (κ2) is 7.89. The van der Waals surface area contributed by atoms with Crippen LogP contribution < -0.4 is 10.0 Å². The van der Waals surface area contributed by atoms with E-state index in [1.165, 1.54) is 12.8 Å². The first kappa shape index (κ1) is 16.4. The molecule has 5 nitrogen and oxygen atoms in total. The fraction of sp³-hybridized carbons (Fsp3) is 0.600.